The number of piperidine rings is 1. The molecular formula is C27H40N8O4. The van der Waals surface area contributed by atoms with Gasteiger partial charge in [0.25, 0.3) is 0 Å². The van der Waals surface area contributed by atoms with E-state index in [-0.39, 0.29) is 37.5 Å². The van der Waals surface area contributed by atoms with Crippen molar-refractivity contribution < 1.29 is 14.7 Å². The number of hydrogen-bond donors (Lipinski definition) is 4. The Balaban J connectivity index is 1.38. The van der Waals surface area contributed by atoms with Crippen LogP contribution in [-0.4, -0.2) is 97.7 Å². The molecule has 6 N–H and O–H groups in total. The number of piperazine rings is 1. The van der Waals surface area contributed by atoms with Crippen LogP contribution in [0.1, 0.15) is 39.2 Å². The summed E-state index contributed by atoms with van der Waals surface area (Å²) in [5, 5.41) is 12.6. The van der Waals surface area contributed by atoms with Crippen molar-refractivity contribution in [2.75, 3.05) is 38.1 Å². The number of hydrogen-bond acceptors (Lipinski definition) is 8. The molecule has 0 radical (unpaired) electrons. The third-order valence-corrected chi connectivity index (χ3v) is 7.36. The van der Waals surface area contributed by atoms with Gasteiger partial charge in [-0.1, -0.05) is 12.1 Å². The standard InChI is InChI=1S/C27H40N8O4/c1-18-14-33(16-22(17-36)35(18)24(37)27(2,3)29)25(38)30-23-10-13-34(26(39)31-23)21-6-4-19(5-7-21)15-32-11-8-20(28)9-12-32/h4-7,10,13,18,20,22,36H,8-9,11-12,14-17,28-29H2,1-3H3,(H,30,31,38,39). The van der Waals surface area contributed by atoms with Crippen molar-refractivity contribution in [2.45, 2.75) is 63.8 Å². The Morgan fingerprint density at radius 3 is 2.38 bits per heavy atom. The normalized spacial score (nSPS) is 21.2. The van der Waals surface area contributed by atoms with Crippen LogP contribution in [0.2, 0.25) is 0 Å². The van der Waals surface area contributed by atoms with E-state index in [1.54, 1.807) is 37.9 Å². The van der Waals surface area contributed by atoms with Gasteiger partial charge in [-0.3, -0.25) is 19.6 Å². The molecule has 12 nitrogen and oxygen atoms in total. The number of aliphatic hydroxyl groups excluding tert-OH is 1. The van der Waals surface area contributed by atoms with Gasteiger partial charge in [-0.2, -0.15) is 4.98 Å². The van der Waals surface area contributed by atoms with E-state index >= 15 is 0 Å². The fourth-order valence-electron chi connectivity index (χ4n) is 5.18. The van der Waals surface area contributed by atoms with Crippen molar-refractivity contribution in [1.82, 2.24) is 24.3 Å². The molecule has 212 valence electrons. The lowest BCUT2D eigenvalue weighted by Gasteiger charge is -2.46. The van der Waals surface area contributed by atoms with Gasteiger partial charge in [-0.15, -0.1) is 0 Å². The summed E-state index contributed by atoms with van der Waals surface area (Å²) < 4.78 is 1.42. The Labute approximate surface area is 228 Å². The molecule has 0 spiro atoms. The summed E-state index contributed by atoms with van der Waals surface area (Å²) in [5.41, 5.74) is 12.2. The molecule has 2 fully saturated rings. The minimum atomic E-state index is -1.09. The first-order chi connectivity index (χ1) is 18.5. The quantitative estimate of drug-likeness (QED) is 0.407. The maximum Gasteiger partial charge on any atom is 0.354 e. The average Bonchev–Trinajstić information content (AvgIpc) is 2.89. The molecule has 2 unspecified atom stereocenters. The largest absolute Gasteiger partial charge is 0.394 e. The summed E-state index contributed by atoms with van der Waals surface area (Å²) >= 11 is 0. The SMILES string of the molecule is CC1CN(C(=O)Nc2ccn(-c3ccc(CN4CCC(N)CC4)cc3)c(=O)n2)CC(CO)N1C(=O)C(C)(C)N. The van der Waals surface area contributed by atoms with E-state index in [1.807, 2.05) is 24.3 Å². The van der Waals surface area contributed by atoms with Crippen molar-refractivity contribution in [3.05, 3.63) is 52.6 Å². The summed E-state index contributed by atoms with van der Waals surface area (Å²) in [6.45, 7) is 7.91. The van der Waals surface area contributed by atoms with Gasteiger partial charge in [0, 0.05) is 37.9 Å². The molecule has 0 aliphatic carbocycles. The number of urea groups is 1. The Morgan fingerprint density at radius 1 is 1.13 bits per heavy atom. The van der Waals surface area contributed by atoms with Gasteiger partial charge < -0.3 is 26.4 Å². The van der Waals surface area contributed by atoms with Crippen LogP contribution in [0.4, 0.5) is 10.6 Å². The second kappa shape index (κ2) is 11.8. The number of aromatic nitrogens is 2. The lowest BCUT2D eigenvalue weighted by atomic mass is 9.99. The van der Waals surface area contributed by atoms with Crippen LogP contribution >= 0.6 is 0 Å². The maximum atomic E-state index is 13.0. The Bertz CT molecular complexity index is 1220. The molecule has 3 heterocycles. The van der Waals surface area contributed by atoms with Crippen molar-refractivity contribution >= 4 is 17.8 Å². The fraction of sp³-hybridized carbons (Fsp3) is 0.556. The van der Waals surface area contributed by atoms with Crippen LogP contribution in [0.25, 0.3) is 5.69 Å². The number of rotatable bonds is 6. The van der Waals surface area contributed by atoms with Crippen LogP contribution in [-0.2, 0) is 11.3 Å². The molecule has 0 saturated carbocycles. The Hall–Kier alpha value is -3.32. The van der Waals surface area contributed by atoms with Gasteiger partial charge in [-0.05, 0) is 70.5 Å². The predicted octanol–water partition coefficient (Wildman–Crippen LogP) is 0.318. The van der Waals surface area contributed by atoms with E-state index in [0.29, 0.717) is 11.7 Å². The molecule has 3 amide bonds. The van der Waals surface area contributed by atoms with Crippen LogP contribution < -0.4 is 22.5 Å². The zero-order valence-corrected chi connectivity index (χ0v) is 22.9. The van der Waals surface area contributed by atoms with Gasteiger partial charge in [0.1, 0.15) is 5.82 Å². The fourth-order valence-corrected chi connectivity index (χ4v) is 5.18. The molecule has 0 bridgehead atoms. The molecule has 2 saturated heterocycles. The molecule has 1 aromatic carbocycles. The van der Waals surface area contributed by atoms with Gasteiger partial charge in [0.2, 0.25) is 5.91 Å². The number of amides is 3. The van der Waals surface area contributed by atoms with E-state index in [0.717, 1.165) is 38.0 Å². The van der Waals surface area contributed by atoms with Crippen molar-refractivity contribution in [1.29, 1.82) is 0 Å². The average molecular weight is 541 g/mol. The van der Waals surface area contributed by atoms with Gasteiger partial charge in [-0.25, -0.2) is 9.59 Å². The second-order valence-electron chi connectivity index (χ2n) is 11.2. The van der Waals surface area contributed by atoms with Crippen molar-refractivity contribution in [2.24, 2.45) is 11.5 Å². The molecule has 2 aliphatic heterocycles. The molecule has 2 aromatic rings. The predicted molar refractivity (Wildman–Crippen MR) is 148 cm³/mol. The van der Waals surface area contributed by atoms with Gasteiger partial charge in [0.15, 0.2) is 0 Å². The van der Waals surface area contributed by atoms with Gasteiger partial charge in [0.05, 0.1) is 23.9 Å². The van der Waals surface area contributed by atoms with Crippen molar-refractivity contribution in [3.8, 4) is 5.69 Å². The smallest absolute Gasteiger partial charge is 0.354 e. The monoisotopic (exact) mass is 540 g/mol. The third kappa shape index (κ3) is 6.82. The number of likely N-dealkylation sites (tertiary alicyclic amines) is 1. The highest BCUT2D eigenvalue weighted by atomic mass is 16.3. The summed E-state index contributed by atoms with van der Waals surface area (Å²) in [5.74, 6) is -0.167. The third-order valence-electron chi connectivity index (χ3n) is 7.36. The molecule has 2 aliphatic rings. The molecule has 39 heavy (non-hydrogen) atoms. The number of carbonyl (C=O) groups is 2. The van der Waals surface area contributed by atoms with E-state index in [4.69, 9.17) is 11.5 Å². The summed E-state index contributed by atoms with van der Waals surface area (Å²) in [7, 11) is 0. The summed E-state index contributed by atoms with van der Waals surface area (Å²) in [6, 6.07) is 8.21. The first-order valence-electron chi connectivity index (χ1n) is 13.4. The number of aliphatic hydroxyl groups is 1. The molecule has 1 aromatic heterocycles. The zero-order valence-electron chi connectivity index (χ0n) is 22.9. The molecule has 2 atom stereocenters. The first kappa shape index (κ1) is 28.7. The Kier molecular flexibility index (Phi) is 8.70. The van der Waals surface area contributed by atoms with Crippen molar-refractivity contribution in [3.63, 3.8) is 0 Å². The summed E-state index contributed by atoms with van der Waals surface area (Å²) in [6.07, 6.45) is 3.59. The lowest BCUT2D eigenvalue weighted by Crippen LogP contribution is -2.66. The van der Waals surface area contributed by atoms with Gasteiger partial charge >= 0.3 is 11.7 Å². The number of nitrogens with one attached hydrogen (secondary N) is 1. The molecular weight excluding hydrogens is 500 g/mol. The summed E-state index contributed by atoms with van der Waals surface area (Å²) in [4.78, 5) is 48.0. The number of carbonyl (C=O) groups excluding carboxylic acids is 2. The van der Waals surface area contributed by atoms with E-state index in [2.05, 4.69) is 15.2 Å². The van der Waals surface area contributed by atoms with E-state index in [1.165, 1.54) is 9.47 Å². The van der Waals surface area contributed by atoms with Crippen LogP contribution in [0, 0.1) is 0 Å². The minimum Gasteiger partial charge on any atom is -0.394 e. The molecule has 4 rings (SSSR count). The zero-order chi connectivity index (χ0) is 28.3. The lowest BCUT2D eigenvalue weighted by molar-refractivity contribution is -0.145. The highest BCUT2D eigenvalue weighted by molar-refractivity contribution is 5.89. The Morgan fingerprint density at radius 2 is 1.79 bits per heavy atom. The topological polar surface area (TPSA) is 163 Å². The minimum absolute atomic E-state index is 0.121. The highest BCUT2D eigenvalue weighted by Gasteiger charge is 2.40. The maximum absolute atomic E-state index is 13.0. The molecule has 12 heteroatoms. The number of benzene rings is 1. The van der Waals surface area contributed by atoms with Crippen LogP contribution in [0.3, 0.4) is 0 Å². The first-order valence-corrected chi connectivity index (χ1v) is 13.4. The van der Waals surface area contributed by atoms with E-state index < -0.39 is 23.3 Å². The van der Waals surface area contributed by atoms with E-state index in [9.17, 15) is 19.5 Å². The number of nitrogens with two attached hydrogens (primary N) is 2. The van der Waals surface area contributed by atoms with Crippen LogP contribution in [0.15, 0.2) is 41.3 Å². The van der Waals surface area contributed by atoms with Crippen LogP contribution in [0.5, 0.6) is 0 Å². The second-order valence-corrected chi connectivity index (χ2v) is 11.2. The number of nitrogens with zero attached hydrogens (tertiary/aromatic N) is 5. The highest BCUT2D eigenvalue weighted by Crippen LogP contribution is 2.21. The number of anilines is 1.